The standard InChI is InChI=1S/C15H19N5O/c16-15-12(8-17-10-18-15)14(21)13-6-7-20(19-13)9-11-4-2-1-3-5-11/h6-8,10-11H,1-5,9H2,(H2,16,17,18). The van der Waals surface area contributed by atoms with Crippen molar-refractivity contribution in [3.05, 3.63) is 36.0 Å². The van der Waals surface area contributed by atoms with E-state index in [1.165, 1.54) is 44.6 Å². The van der Waals surface area contributed by atoms with Crippen LogP contribution in [0.25, 0.3) is 0 Å². The van der Waals surface area contributed by atoms with Gasteiger partial charge >= 0.3 is 0 Å². The summed E-state index contributed by atoms with van der Waals surface area (Å²) in [5.41, 5.74) is 6.41. The molecule has 0 unspecified atom stereocenters. The molecular weight excluding hydrogens is 266 g/mol. The van der Waals surface area contributed by atoms with Crippen molar-refractivity contribution < 1.29 is 4.79 Å². The molecule has 3 rings (SSSR count). The molecule has 1 aliphatic rings. The van der Waals surface area contributed by atoms with Crippen LogP contribution >= 0.6 is 0 Å². The Bertz CT molecular complexity index is 630. The Morgan fingerprint density at radius 1 is 1.33 bits per heavy atom. The van der Waals surface area contributed by atoms with Gasteiger partial charge < -0.3 is 5.73 Å². The number of nitrogens with two attached hydrogens (primary N) is 1. The number of nitrogens with zero attached hydrogens (tertiary/aromatic N) is 4. The average molecular weight is 285 g/mol. The lowest BCUT2D eigenvalue weighted by atomic mass is 9.89. The highest BCUT2D eigenvalue weighted by atomic mass is 16.1. The third-order valence-electron chi connectivity index (χ3n) is 4.03. The van der Waals surface area contributed by atoms with Gasteiger partial charge in [0.25, 0.3) is 0 Å². The molecule has 6 nitrogen and oxygen atoms in total. The molecule has 0 radical (unpaired) electrons. The van der Waals surface area contributed by atoms with Gasteiger partial charge in [-0.25, -0.2) is 9.97 Å². The van der Waals surface area contributed by atoms with Crippen LogP contribution in [0.3, 0.4) is 0 Å². The molecule has 21 heavy (non-hydrogen) atoms. The van der Waals surface area contributed by atoms with Crippen molar-refractivity contribution in [2.75, 3.05) is 5.73 Å². The van der Waals surface area contributed by atoms with Crippen LogP contribution in [0.4, 0.5) is 5.82 Å². The van der Waals surface area contributed by atoms with Gasteiger partial charge in [-0.15, -0.1) is 0 Å². The molecule has 0 saturated heterocycles. The van der Waals surface area contributed by atoms with Crippen LogP contribution in [0.2, 0.25) is 0 Å². The molecule has 0 aromatic carbocycles. The van der Waals surface area contributed by atoms with Gasteiger partial charge in [-0.1, -0.05) is 19.3 Å². The first kappa shape index (κ1) is 13.7. The van der Waals surface area contributed by atoms with E-state index < -0.39 is 0 Å². The molecule has 1 aliphatic carbocycles. The molecule has 1 fully saturated rings. The quantitative estimate of drug-likeness (QED) is 0.869. The normalized spacial score (nSPS) is 16.0. The van der Waals surface area contributed by atoms with Crippen molar-refractivity contribution >= 4 is 11.6 Å². The molecule has 2 aromatic rings. The Balaban J connectivity index is 1.72. The maximum atomic E-state index is 12.3. The second kappa shape index (κ2) is 6.03. The number of hydrogen-bond acceptors (Lipinski definition) is 5. The molecule has 0 bridgehead atoms. The largest absolute Gasteiger partial charge is 0.383 e. The first-order valence-electron chi connectivity index (χ1n) is 7.37. The SMILES string of the molecule is Nc1ncncc1C(=O)c1ccn(CC2CCCCC2)n1. The summed E-state index contributed by atoms with van der Waals surface area (Å²) in [4.78, 5) is 20.0. The Labute approximate surface area is 123 Å². The maximum absolute atomic E-state index is 12.3. The summed E-state index contributed by atoms with van der Waals surface area (Å²) >= 11 is 0. The zero-order valence-electron chi connectivity index (χ0n) is 11.9. The maximum Gasteiger partial charge on any atom is 0.218 e. The highest BCUT2D eigenvalue weighted by molar-refractivity contribution is 6.10. The first-order chi connectivity index (χ1) is 10.2. The predicted octanol–water partition coefficient (Wildman–Crippen LogP) is 2.07. The summed E-state index contributed by atoms with van der Waals surface area (Å²) < 4.78 is 1.86. The molecule has 0 atom stereocenters. The molecule has 2 aromatic heterocycles. The van der Waals surface area contributed by atoms with Gasteiger partial charge in [0.15, 0.2) is 0 Å². The van der Waals surface area contributed by atoms with E-state index in [1.54, 1.807) is 6.07 Å². The van der Waals surface area contributed by atoms with E-state index in [4.69, 9.17) is 5.73 Å². The van der Waals surface area contributed by atoms with Gasteiger partial charge in [-0.3, -0.25) is 9.48 Å². The number of hydrogen-bond donors (Lipinski definition) is 1. The summed E-state index contributed by atoms with van der Waals surface area (Å²) in [6.45, 7) is 0.883. The fourth-order valence-corrected chi connectivity index (χ4v) is 2.87. The van der Waals surface area contributed by atoms with Crippen LogP contribution in [0, 0.1) is 5.92 Å². The monoisotopic (exact) mass is 285 g/mol. The Kier molecular flexibility index (Phi) is 3.94. The fourth-order valence-electron chi connectivity index (χ4n) is 2.87. The number of nitrogen functional groups attached to an aromatic ring is 1. The number of aromatic nitrogens is 4. The van der Waals surface area contributed by atoms with Gasteiger partial charge in [-0.2, -0.15) is 5.10 Å². The fraction of sp³-hybridized carbons (Fsp3) is 0.467. The summed E-state index contributed by atoms with van der Waals surface area (Å²) in [6.07, 6.45) is 11.1. The van der Waals surface area contributed by atoms with E-state index >= 15 is 0 Å². The van der Waals surface area contributed by atoms with Crippen molar-refractivity contribution in [1.82, 2.24) is 19.7 Å². The van der Waals surface area contributed by atoms with E-state index in [-0.39, 0.29) is 11.6 Å². The van der Waals surface area contributed by atoms with Gasteiger partial charge in [0.05, 0.1) is 5.56 Å². The lowest BCUT2D eigenvalue weighted by Gasteiger charge is -2.21. The average Bonchev–Trinajstić information content (AvgIpc) is 2.97. The zero-order valence-corrected chi connectivity index (χ0v) is 11.9. The lowest BCUT2D eigenvalue weighted by molar-refractivity contribution is 0.103. The number of ketones is 1. The van der Waals surface area contributed by atoms with Crippen molar-refractivity contribution in [2.45, 2.75) is 38.6 Å². The number of anilines is 1. The molecule has 0 aliphatic heterocycles. The van der Waals surface area contributed by atoms with Crippen LogP contribution in [0.15, 0.2) is 24.8 Å². The molecule has 110 valence electrons. The van der Waals surface area contributed by atoms with Gasteiger partial charge in [0.1, 0.15) is 17.8 Å². The van der Waals surface area contributed by atoms with Crippen LogP contribution in [-0.2, 0) is 6.54 Å². The van der Waals surface area contributed by atoms with Crippen molar-refractivity contribution in [2.24, 2.45) is 5.92 Å². The first-order valence-corrected chi connectivity index (χ1v) is 7.37. The topological polar surface area (TPSA) is 86.7 Å². The second-order valence-corrected chi connectivity index (χ2v) is 5.58. The van der Waals surface area contributed by atoms with E-state index in [1.807, 2.05) is 10.9 Å². The van der Waals surface area contributed by atoms with E-state index in [0.717, 1.165) is 6.54 Å². The minimum atomic E-state index is -0.226. The Morgan fingerprint density at radius 3 is 2.90 bits per heavy atom. The number of carbonyl (C=O) groups excluding carboxylic acids is 1. The van der Waals surface area contributed by atoms with Crippen LogP contribution < -0.4 is 5.73 Å². The number of rotatable bonds is 4. The molecule has 2 N–H and O–H groups in total. The van der Waals surface area contributed by atoms with Crippen molar-refractivity contribution in [3.63, 3.8) is 0 Å². The summed E-state index contributed by atoms with van der Waals surface area (Å²) in [6, 6.07) is 1.73. The van der Waals surface area contributed by atoms with Crippen molar-refractivity contribution in [3.8, 4) is 0 Å². The zero-order chi connectivity index (χ0) is 14.7. The molecule has 2 heterocycles. The molecule has 6 heteroatoms. The van der Waals surface area contributed by atoms with Gasteiger partial charge in [0, 0.05) is 18.9 Å². The third-order valence-corrected chi connectivity index (χ3v) is 4.03. The molecular formula is C15H19N5O. The Morgan fingerprint density at radius 2 is 2.14 bits per heavy atom. The lowest BCUT2D eigenvalue weighted by Crippen LogP contribution is -2.15. The number of carbonyl (C=O) groups is 1. The molecule has 0 spiro atoms. The van der Waals surface area contributed by atoms with E-state index in [2.05, 4.69) is 15.1 Å². The summed E-state index contributed by atoms with van der Waals surface area (Å²) in [7, 11) is 0. The highest BCUT2D eigenvalue weighted by Crippen LogP contribution is 2.25. The molecule has 0 amide bonds. The van der Waals surface area contributed by atoms with Crippen molar-refractivity contribution in [1.29, 1.82) is 0 Å². The second-order valence-electron chi connectivity index (χ2n) is 5.58. The smallest absolute Gasteiger partial charge is 0.218 e. The van der Waals surface area contributed by atoms with E-state index in [0.29, 0.717) is 17.2 Å². The third kappa shape index (κ3) is 3.09. The minimum Gasteiger partial charge on any atom is -0.383 e. The Hall–Kier alpha value is -2.24. The summed E-state index contributed by atoms with van der Waals surface area (Å²) in [5, 5.41) is 4.38. The van der Waals surface area contributed by atoms with E-state index in [9.17, 15) is 4.79 Å². The van der Waals surface area contributed by atoms with Crippen LogP contribution in [0.5, 0.6) is 0 Å². The minimum absolute atomic E-state index is 0.192. The summed E-state index contributed by atoms with van der Waals surface area (Å²) in [5.74, 6) is 0.638. The predicted molar refractivity (Wildman–Crippen MR) is 78.7 cm³/mol. The highest BCUT2D eigenvalue weighted by Gasteiger charge is 2.18. The van der Waals surface area contributed by atoms with Crippen LogP contribution in [0.1, 0.15) is 48.2 Å². The van der Waals surface area contributed by atoms with Crippen LogP contribution in [-0.4, -0.2) is 25.5 Å². The van der Waals surface area contributed by atoms with Gasteiger partial charge in [0.2, 0.25) is 5.78 Å². The molecule has 1 saturated carbocycles. The van der Waals surface area contributed by atoms with Gasteiger partial charge in [-0.05, 0) is 24.8 Å².